The zero-order valence-corrected chi connectivity index (χ0v) is 16.9. The largest absolute Gasteiger partial charge is 0.478 e. The van der Waals surface area contributed by atoms with Gasteiger partial charge in [0, 0.05) is 0 Å². The van der Waals surface area contributed by atoms with Crippen molar-refractivity contribution in [2.75, 3.05) is 0 Å². The molecular weight excluding hydrogens is 404 g/mol. The minimum Gasteiger partial charge on any atom is -0.478 e. The maximum Gasteiger partial charge on any atom is 0.336 e. The molecule has 3 rings (SSSR count). The van der Waals surface area contributed by atoms with Crippen LogP contribution in [0, 0.1) is 0 Å². The molecule has 2 aromatic carbocycles. The number of carboxylic acid groups (broad SMARTS) is 4. The Morgan fingerprint density at radius 1 is 0.613 bits per heavy atom. The lowest BCUT2D eigenvalue weighted by Gasteiger charge is -2.05. The molecule has 8 heteroatoms. The van der Waals surface area contributed by atoms with Crippen molar-refractivity contribution in [1.29, 1.82) is 0 Å². The first-order valence-electron chi connectivity index (χ1n) is 9.42. The maximum absolute atomic E-state index is 10.5. The molecule has 0 radical (unpaired) electrons. The summed E-state index contributed by atoms with van der Waals surface area (Å²) in [7, 11) is 0. The van der Waals surface area contributed by atoms with Crippen LogP contribution in [0.3, 0.4) is 0 Å². The number of allylic oxidation sites excluding steroid dienone is 2. The number of carbonyl (C=O) groups is 4. The fourth-order valence-electron chi connectivity index (χ4n) is 2.71. The fraction of sp³-hybridized carbons (Fsp3) is 0.217. The zero-order valence-electron chi connectivity index (χ0n) is 16.9. The van der Waals surface area contributed by atoms with Crippen LogP contribution in [-0.2, 0) is 0 Å². The molecular formula is C23H24O8. The average molecular weight is 428 g/mol. The van der Waals surface area contributed by atoms with Crippen molar-refractivity contribution in [1.82, 2.24) is 0 Å². The lowest BCUT2D eigenvalue weighted by atomic mass is 10.0. The van der Waals surface area contributed by atoms with E-state index in [1.807, 2.05) is 0 Å². The van der Waals surface area contributed by atoms with Gasteiger partial charge in [-0.1, -0.05) is 35.9 Å². The maximum atomic E-state index is 10.5. The van der Waals surface area contributed by atoms with Crippen LogP contribution in [0.2, 0.25) is 0 Å². The molecule has 0 aromatic heterocycles. The van der Waals surface area contributed by atoms with E-state index in [9.17, 15) is 19.2 Å². The Bertz CT molecular complexity index is 842. The molecule has 0 saturated carbocycles. The monoisotopic (exact) mass is 428 g/mol. The van der Waals surface area contributed by atoms with Crippen molar-refractivity contribution in [3.05, 3.63) is 82.4 Å². The van der Waals surface area contributed by atoms with Gasteiger partial charge in [-0.25, -0.2) is 19.2 Å². The van der Waals surface area contributed by atoms with E-state index < -0.39 is 23.9 Å². The molecule has 0 spiro atoms. The van der Waals surface area contributed by atoms with Crippen LogP contribution in [0.25, 0.3) is 0 Å². The van der Waals surface area contributed by atoms with E-state index in [2.05, 4.69) is 13.0 Å². The van der Waals surface area contributed by atoms with Crippen LogP contribution in [0.15, 0.2) is 60.2 Å². The molecule has 0 amide bonds. The summed E-state index contributed by atoms with van der Waals surface area (Å²) in [6.07, 6.45) is 7.86. The van der Waals surface area contributed by atoms with Crippen molar-refractivity contribution < 1.29 is 39.6 Å². The van der Waals surface area contributed by atoms with E-state index in [1.165, 1.54) is 74.2 Å². The molecule has 2 aromatic rings. The van der Waals surface area contributed by atoms with Gasteiger partial charge in [0.15, 0.2) is 0 Å². The van der Waals surface area contributed by atoms with Crippen LogP contribution < -0.4 is 0 Å². The molecule has 164 valence electrons. The highest BCUT2D eigenvalue weighted by Crippen LogP contribution is 2.15. The Morgan fingerprint density at radius 3 is 1.10 bits per heavy atom. The summed E-state index contributed by atoms with van der Waals surface area (Å²) in [5.41, 5.74) is 0.830. The van der Waals surface area contributed by atoms with E-state index in [0.29, 0.717) is 0 Å². The Kier molecular flexibility index (Phi) is 10.2. The Labute approximate surface area is 179 Å². The third-order valence-electron chi connectivity index (χ3n) is 4.29. The van der Waals surface area contributed by atoms with E-state index >= 15 is 0 Å². The first kappa shape index (κ1) is 25.1. The van der Waals surface area contributed by atoms with Crippen molar-refractivity contribution in [2.24, 2.45) is 0 Å². The number of hydrogen-bond acceptors (Lipinski definition) is 4. The third-order valence-corrected chi connectivity index (χ3v) is 4.29. The molecule has 1 aliphatic carbocycles. The second-order valence-corrected chi connectivity index (χ2v) is 6.61. The van der Waals surface area contributed by atoms with Crippen LogP contribution in [0.5, 0.6) is 0 Å². The average Bonchev–Trinajstić information content (AvgIpc) is 2.75. The molecule has 0 aliphatic heterocycles. The van der Waals surface area contributed by atoms with E-state index in [0.717, 1.165) is 0 Å². The molecule has 0 saturated heterocycles. The normalized spacial score (nSPS) is 12.1. The number of carboxylic acids is 4. The van der Waals surface area contributed by atoms with Crippen LogP contribution in [0.4, 0.5) is 0 Å². The summed E-state index contributed by atoms with van der Waals surface area (Å²) in [4.78, 5) is 41.9. The van der Waals surface area contributed by atoms with Gasteiger partial charge in [0.05, 0.1) is 22.3 Å². The fourth-order valence-corrected chi connectivity index (χ4v) is 2.71. The van der Waals surface area contributed by atoms with Crippen molar-refractivity contribution in [3.63, 3.8) is 0 Å². The number of benzene rings is 2. The molecule has 0 heterocycles. The lowest BCUT2D eigenvalue weighted by Crippen LogP contribution is -2.06. The summed E-state index contributed by atoms with van der Waals surface area (Å²) in [6, 6.07) is 11.0. The van der Waals surface area contributed by atoms with Gasteiger partial charge in [0.2, 0.25) is 0 Å². The second kappa shape index (κ2) is 12.6. The summed E-state index contributed by atoms with van der Waals surface area (Å²) in [5.74, 6) is -4.91. The smallest absolute Gasteiger partial charge is 0.336 e. The van der Waals surface area contributed by atoms with Crippen LogP contribution >= 0.6 is 0 Å². The summed E-state index contributed by atoms with van der Waals surface area (Å²) >= 11 is 0. The Balaban J connectivity index is 0.000000241. The van der Waals surface area contributed by atoms with Gasteiger partial charge < -0.3 is 20.4 Å². The molecule has 1 aliphatic rings. The third kappa shape index (κ3) is 8.53. The molecule has 8 nitrogen and oxygen atoms in total. The lowest BCUT2D eigenvalue weighted by molar-refractivity contribution is 0.0651. The van der Waals surface area contributed by atoms with Gasteiger partial charge in [-0.2, -0.15) is 0 Å². The van der Waals surface area contributed by atoms with E-state index in [4.69, 9.17) is 20.4 Å². The van der Waals surface area contributed by atoms with E-state index in [-0.39, 0.29) is 22.3 Å². The molecule has 4 N–H and O–H groups in total. The predicted octanol–water partition coefficient (Wildman–Crippen LogP) is 4.67. The molecule has 0 atom stereocenters. The number of rotatable bonds is 4. The minimum atomic E-state index is -1.23. The topological polar surface area (TPSA) is 149 Å². The SMILES string of the molecule is CC1=CCCCC1.O=C(O)c1ccccc1C(=O)O.O=C(O)c1ccccc1C(=O)O. The van der Waals surface area contributed by atoms with Gasteiger partial charge in [0.1, 0.15) is 0 Å². The number of aromatic carboxylic acids is 4. The minimum absolute atomic E-state index is 0.190. The zero-order chi connectivity index (χ0) is 23.4. The predicted molar refractivity (Wildman–Crippen MR) is 113 cm³/mol. The highest BCUT2D eigenvalue weighted by molar-refractivity contribution is 6.02. The highest BCUT2D eigenvalue weighted by Gasteiger charge is 2.14. The van der Waals surface area contributed by atoms with Gasteiger partial charge in [-0.05, 0) is 56.9 Å². The van der Waals surface area contributed by atoms with Crippen molar-refractivity contribution in [3.8, 4) is 0 Å². The van der Waals surface area contributed by atoms with Crippen molar-refractivity contribution >= 4 is 23.9 Å². The number of hydrogen-bond donors (Lipinski definition) is 4. The Morgan fingerprint density at radius 2 is 0.935 bits per heavy atom. The van der Waals surface area contributed by atoms with E-state index in [1.54, 1.807) is 5.57 Å². The summed E-state index contributed by atoms with van der Waals surface area (Å²) in [6.45, 7) is 2.22. The van der Waals surface area contributed by atoms with Gasteiger partial charge in [0.25, 0.3) is 0 Å². The highest BCUT2D eigenvalue weighted by atomic mass is 16.4. The molecule has 0 unspecified atom stereocenters. The quantitative estimate of drug-likeness (QED) is 0.513. The first-order chi connectivity index (χ1) is 14.6. The van der Waals surface area contributed by atoms with Crippen LogP contribution in [0.1, 0.15) is 74.0 Å². The van der Waals surface area contributed by atoms with Gasteiger partial charge in [-0.3, -0.25) is 0 Å². The van der Waals surface area contributed by atoms with Gasteiger partial charge in [-0.15, -0.1) is 0 Å². The summed E-state index contributed by atoms with van der Waals surface area (Å²) in [5, 5.41) is 34.2. The molecule has 0 bridgehead atoms. The first-order valence-corrected chi connectivity index (χ1v) is 9.42. The van der Waals surface area contributed by atoms with Gasteiger partial charge >= 0.3 is 23.9 Å². The van der Waals surface area contributed by atoms with Crippen molar-refractivity contribution in [2.45, 2.75) is 32.6 Å². The summed E-state index contributed by atoms with van der Waals surface area (Å²) < 4.78 is 0. The second-order valence-electron chi connectivity index (χ2n) is 6.61. The molecule has 0 fully saturated rings. The van der Waals surface area contributed by atoms with Crippen LogP contribution in [-0.4, -0.2) is 44.3 Å². The Hall–Kier alpha value is -3.94. The molecule has 31 heavy (non-hydrogen) atoms. The standard InChI is InChI=1S/2C8H6O4.C7H12/c2*9-7(10)5-3-1-2-4-6(5)8(11)12;1-7-5-3-2-4-6-7/h2*1-4H,(H,9,10)(H,11,12);5H,2-4,6H2,1H3.